The van der Waals surface area contributed by atoms with Gasteiger partial charge in [0, 0.05) is 6.20 Å². The monoisotopic (exact) mass is 147 g/mol. The number of hydrogen-bond acceptors (Lipinski definition) is 2. The van der Waals surface area contributed by atoms with Gasteiger partial charge in [0.1, 0.15) is 6.33 Å². The maximum Gasteiger partial charge on any atom is 0.163 e. The molecule has 0 spiro atoms. The summed E-state index contributed by atoms with van der Waals surface area (Å²) in [5, 5.41) is 7.81. The average Bonchev–Trinajstić information content (AvgIpc) is 2.45. The van der Waals surface area contributed by atoms with E-state index in [0.717, 1.165) is 5.65 Å². The van der Waals surface area contributed by atoms with Crippen molar-refractivity contribution in [3.05, 3.63) is 29.7 Å². The zero-order valence-electron chi connectivity index (χ0n) is 6.57. The first-order chi connectivity index (χ1) is 5.29. The predicted molar refractivity (Wildman–Crippen MR) is 42.5 cm³/mol. The van der Waals surface area contributed by atoms with Crippen LogP contribution >= 0.6 is 0 Å². The summed E-state index contributed by atoms with van der Waals surface area (Å²) < 4.78 is 1.92. The lowest BCUT2D eigenvalue weighted by molar-refractivity contribution is 1.10. The van der Waals surface area contributed by atoms with Gasteiger partial charge in [0.2, 0.25) is 0 Å². The normalized spacial score (nSPS) is 10.7. The molecular formula is C8H9N3. The number of rotatable bonds is 0. The molecule has 0 amide bonds. The van der Waals surface area contributed by atoms with E-state index in [0.29, 0.717) is 0 Å². The van der Waals surface area contributed by atoms with Crippen LogP contribution in [0, 0.1) is 13.8 Å². The Kier molecular flexibility index (Phi) is 1.18. The standard InChI is InChI=1S/C8H9N3/c1-6-3-4-11-5-9-10-8(11)7(6)2/h3-5H,1-2H3. The van der Waals surface area contributed by atoms with E-state index in [9.17, 15) is 0 Å². The Morgan fingerprint density at radius 3 is 3.00 bits per heavy atom. The molecule has 0 aliphatic carbocycles. The number of nitrogens with zero attached hydrogens (tertiary/aromatic N) is 3. The summed E-state index contributed by atoms with van der Waals surface area (Å²) in [5.41, 5.74) is 3.40. The van der Waals surface area contributed by atoms with E-state index in [2.05, 4.69) is 30.1 Å². The van der Waals surface area contributed by atoms with Gasteiger partial charge in [-0.25, -0.2) is 0 Å². The van der Waals surface area contributed by atoms with Gasteiger partial charge in [0.05, 0.1) is 0 Å². The lowest BCUT2D eigenvalue weighted by atomic mass is 10.2. The van der Waals surface area contributed by atoms with Gasteiger partial charge in [-0.1, -0.05) is 0 Å². The third-order valence-electron chi connectivity index (χ3n) is 1.99. The Bertz CT molecular complexity index is 389. The molecule has 3 nitrogen and oxygen atoms in total. The minimum Gasteiger partial charge on any atom is -0.289 e. The number of pyridine rings is 1. The van der Waals surface area contributed by atoms with E-state index >= 15 is 0 Å². The largest absolute Gasteiger partial charge is 0.289 e. The van der Waals surface area contributed by atoms with Crippen molar-refractivity contribution in [1.82, 2.24) is 14.6 Å². The smallest absolute Gasteiger partial charge is 0.163 e. The fraction of sp³-hybridized carbons (Fsp3) is 0.250. The molecule has 0 N–H and O–H groups in total. The van der Waals surface area contributed by atoms with Crippen molar-refractivity contribution in [1.29, 1.82) is 0 Å². The van der Waals surface area contributed by atoms with Crippen LogP contribution in [0.2, 0.25) is 0 Å². The third kappa shape index (κ3) is 0.808. The molecule has 0 radical (unpaired) electrons. The van der Waals surface area contributed by atoms with E-state index in [1.54, 1.807) is 6.33 Å². The van der Waals surface area contributed by atoms with Crippen molar-refractivity contribution in [2.24, 2.45) is 0 Å². The van der Waals surface area contributed by atoms with Crippen LogP contribution in [0.15, 0.2) is 18.6 Å². The molecule has 0 aliphatic heterocycles. The van der Waals surface area contributed by atoms with Crippen LogP contribution < -0.4 is 0 Å². The van der Waals surface area contributed by atoms with Crippen LogP contribution in [0.1, 0.15) is 11.1 Å². The van der Waals surface area contributed by atoms with Crippen molar-refractivity contribution in [2.45, 2.75) is 13.8 Å². The van der Waals surface area contributed by atoms with E-state index in [1.165, 1.54) is 11.1 Å². The second kappa shape index (κ2) is 2.05. The average molecular weight is 147 g/mol. The van der Waals surface area contributed by atoms with Crippen LogP contribution in [0.25, 0.3) is 5.65 Å². The molecule has 3 heteroatoms. The highest BCUT2D eigenvalue weighted by Crippen LogP contribution is 2.10. The number of hydrogen-bond donors (Lipinski definition) is 0. The van der Waals surface area contributed by atoms with Gasteiger partial charge < -0.3 is 0 Å². The second-order valence-electron chi connectivity index (χ2n) is 2.69. The fourth-order valence-corrected chi connectivity index (χ4v) is 1.11. The first kappa shape index (κ1) is 6.34. The minimum atomic E-state index is 0.949. The van der Waals surface area contributed by atoms with Crippen molar-refractivity contribution in [2.75, 3.05) is 0 Å². The summed E-state index contributed by atoms with van der Waals surface area (Å²) in [4.78, 5) is 0. The lowest BCUT2D eigenvalue weighted by Crippen LogP contribution is -1.89. The molecule has 0 saturated carbocycles. The molecule has 0 fully saturated rings. The number of fused-ring (bicyclic) bond motifs is 1. The van der Waals surface area contributed by atoms with Gasteiger partial charge >= 0.3 is 0 Å². The highest BCUT2D eigenvalue weighted by Gasteiger charge is 2.00. The summed E-state index contributed by atoms with van der Waals surface area (Å²) in [6.45, 7) is 4.13. The first-order valence-corrected chi connectivity index (χ1v) is 3.54. The Balaban J connectivity index is 2.93. The molecular weight excluding hydrogens is 138 g/mol. The number of aryl methyl sites for hydroxylation is 2. The van der Waals surface area contributed by atoms with Crippen molar-refractivity contribution in [3.63, 3.8) is 0 Å². The molecule has 0 aliphatic rings. The number of aromatic nitrogens is 3. The van der Waals surface area contributed by atoms with Crippen LogP contribution in [-0.2, 0) is 0 Å². The molecule has 2 aromatic rings. The molecule has 0 saturated heterocycles. The lowest BCUT2D eigenvalue weighted by Gasteiger charge is -1.99. The van der Waals surface area contributed by atoms with Gasteiger partial charge in [0.25, 0.3) is 0 Å². The van der Waals surface area contributed by atoms with Crippen molar-refractivity contribution < 1.29 is 0 Å². The van der Waals surface area contributed by atoms with Crippen LogP contribution in [0.3, 0.4) is 0 Å². The van der Waals surface area contributed by atoms with E-state index in [1.807, 2.05) is 10.6 Å². The maximum atomic E-state index is 3.99. The molecule has 56 valence electrons. The van der Waals surface area contributed by atoms with Gasteiger partial charge in [-0.15, -0.1) is 10.2 Å². The summed E-state index contributed by atoms with van der Waals surface area (Å²) in [6.07, 6.45) is 3.68. The molecule has 0 bridgehead atoms. The van der Waals surface area contributed by atoms with Gasteiger partial charge in [0.15, 0.2) is 5.65 Å². The highest BCUT2D eigenvalue weighted by atomic mass is 15.2. The Labute approximate surface area is 64.7 Å². The second-order valence-corrected chi connectivity index (χ2v) is 2.69. The first-order valence-electron chi connectivity index (χ1n) is 3.54. The molecule has 0 aromatic carbocycles. The topological polar surface area (TPSA) is 30.2 Å². The summed E-state index contributed by atoms with van der Waals surface area (Å²) in [6, 6.07) is 2.06. The van der Waals surface area contributed by atoms with E-state index in [4.69, 9.17) is 0 Å². The molecule has 0 atom stereocenters. The zero-order chi connectivity index (χ0) is 7.84. The third-order valence-corrected chi connectivity index (χ3v) is 1.99. The summed E-state index contributed by atoms with van der Waals surface area (Å²) >= 11 is 0. The molecule has 11 heavy (non-hydrogen) atoms. The van der Waals surface area contributed by atoms with Gasteiger partial charge in [-0.05, 0) is 31.0 Å². The van der Waals surface area contributed by atoms with Gasteiger partial charge in [-0.2, -0.15) is 0 Å². The van der Waals surface area contributed by atoms with Crippen LogP contribution in [-0.4, -0.2) is 14.6 Å². The summed E-state index contributed by atoms with van der Waals surface area (Å²) in [7, 11) is 0. The Morgan fingerprint density at radius 2 is 2.18 bits per heavy atom. The van der Waals surface area contributed by atoms with Crippen LogP contribution in [0.4, 0.5) is 0 Å². The quantitative estimate of drug-likeness (QED) is 0.563. The van der Waals surface area contributed by atoms with E-state index < -0.39 is 0 Å². The van der Waals surface area contributed by atoms with Crippen molar-refractivity contribution >= 4 is 5.65 Å². The summed E-state index contributed by atoms with van der Waals surface area (Å²) in [5.74, 6) is 0. The predicted octanol–water partition coefficient (Wildman–Crippen LogP) is 1.35. The zero-order valence-corrected chi connectivity index (χ0v) is 6.57. The Morgan fingerprint density at radius 1 is 1.36 bits per heavy atom. The molecule has 2 aromatic heterocycles. The van der Waals surface area contributed by atoms with E-state index in [-0.39, 0.29) is 0 Å². The molecule has 2 heterocycles. The maximum absolute atomic E-state index is 3.99. The molecule has 0 unspecified atom stereocenters. The highest BCUT2D eigenvalue weighted by molar-refractivity contribution is 5.49. The minimum absolute atomic E-state index is 0.949. The van der Waals surface area contributed by atoms with Crippen molar-refractivity contribution in [3.8, 4) is 0 Å². The Hall–Kier alpha value is -1.38. The SMILES string of the molecule is Cc1ccn2cnnc2c1C. The fourth-order valence-electron chi connectivity index (χ4n) is 1.11. The molecule has 2 rings (SSSR count). The van der Waals surface area contributed by atoms with Crippen LogP contribution in [0.5, 0.6) is 0 Å². The van der Waals surface area contributed by atoms with Gasteiger partial charge in [-0.3, -0.25) is 4.40 Å².